The Morgan fingerprint density at radius 2 is 2.23 bits per heavy atom. The summed E-state index contributed by atoms with van der Waals surface area (Å²) in [4.78, 5) is 0. The molecule has 0 saturated heterocycles. The van der Waals surface area contributed by atoms with Crippen molar-refractivity contribution < 1.29 is 0 Å². The van der Waals surface area contributed by atoms with Gasteiger partial charge in [-0.1, -0.05) is 20.8 Å². The third-order valence-corrected chi connectivity index (χ3v) is 3.24. The molecular weight excluding hydrogens is 160 g/mol. The van der Waals surface area contributed by atoms with Crippen molar-refractivity contribution in [1.29, 1.82) is 0 Å². The number of hydrogen-bond acceptors (Lipinski definition) is 1. The van der Waals surface area contributed by atoms with Gasteiger partial charge in [-0.3, -0.25) is 5.10 Å². The molecule has 0 spiro atoms. The predicted molar refractivity (Wildman–Crippen MR) is 53.6 cm³/mol. The zero-order valence-electron chi connectivity index (χ0n) is 8.72. The van der Waals surface area contributed by atoms with Gasteiger partial charge in [0.1, 0.15) is 0 Å². The van der Waals surface area contributed by atoms with Gasteiger partial charge in [-0.05, 0) is 36.2 Å². The fourth-order valence-corrected chi connectivity index (χ4v) is 2.16. The summed E-state index contributed by atoms with van der Waals surface area (Å²) in [7, 11) is 0. The highest BCUT2D eigenvalue weighted by molar-refractivity contribution is 5.20. The number of nitrogens with one attached hydrogen (secondary N) is 1. The number of aryl methyl sites for hydroxylation is 1. The molecular formula is C11H18N2. The smallest absolute Gasteiger partial charge is 0.0522 e. The second-order valence-electron chi connectivity index (χ2n) is 5.18. The third-order valence-electron chi connectivity index (χ3n) is 3.24. The Morgan fingerprint density at radius 3 is 2.92 bits per heavy atom. The lowest BCUT2D eigenvalue weighted by Gasteiger charge is -2.33. The Kier molecular flexibility index (Phi) is 1.94. The molecule has 1 N–H and O–H groups in total. The van der Waals surface area contributed by atoms with Crippen molar-refractivity contribution in [3.05, 3.63) is 17.5 Å². The maximum absolute atomic E-state index is 4.10. The molecule has 72 valence electrons. The number of aromatic amines is 1. The number of hydrogen-bond donors (Lipinski definition) is 1. The molecule has 1 aliphatic rings. The van der Waals surface area contributed by atoms with Crippen LogP contribution < -0.4 is 0 Å². The summed E-state index contributed by atoms with van der Waals surface area (Å²) in [6, 6.07) is 0. The lowest BCUT2D eigenvalue weighted by Crippen LogP contribution is -2.26. The van der Waals surface area contributed by atoms with Crippen molar-refractivity contribution in [2.45, 2.75) is 40.0 Å². The highest BCUT2D eigenvalue weighted by Crippen LogP contribution is 2.36. The van der Waals surface area contributed by atoms with Gasteiger partial charge in [-0.2, -0.15) is 5.10 Å². The molecule has 2 rings (SSSR count). The molecule has 0 saturated carbocycles. The van der Waals surface area contributed by atoms with Crippen molar-refractivity contribution in [1.82, 2.24) is 10.2 Å². The van der Waals surface area contributed by atoms with E-state index >= 15 is 0 Å². The molecule has 1 aliphatic carbocycles. The standard InChI is InChI=1S/C11H18N2/c1-11(2,3)9-4-5-10-8(6-9)7-12-13-10/h7,9H,4-6H2,1-3H3,(H,12,13). The van der Waals surface area contributed by atoms with E-state index in [1.54, 1.807) is 0 Å². The van der Waals surface area contributed by atoms with Crippen LogP contribution in [0.3, 0.4) is 0 Å². The first-order valence-electron chi connectivity index (χ1n) is 5.08. The maximum atomic E-state index is 4.10. The van der Waals surface area contributed by atoms with Crippen LogP contribution in [0.25, 0.3) is 0 Å². The van der Waals surface area contributed by atoms with E-state index in [9.17, 15) is 0 Å². The molecule has 0 aliphatic heterocycles. The second-order valence-corrected chi connectivity index (χ2v) is 5.18. The van der Waals surface area contributed by atoms with Gasteiger partial charge in [0.15, 0.2) is 0 Å². The molecule has 2 heteroatoms. The Bertz CT molecular complexity index is 293. The lowest BCUT2D eigenvalue weighted by molar-refractivity contribution is 0.215. The van der Waals surface area contributed by atoms with Crippen LogP contribution >= 0.6 is 0 Å². The molecule has 1 heterocycles. The SMILES string of the molecule is CC(C)(C)C1CCc2[nH]ncc2C1. The van der Waals surface area contributed by atoms with Gasteiger partial charge in [0, 0.05) is 5.69 Å². The van der Waals surface area contributed by atoms with Crippen LogP contribution in [0.2, 0.25) is 0 Å². The van der Waals surface area contributed by atoms with Gasteiger partial charge in [0.05, 0.1) is 6.20 Å². The summed E-state index contributed by atoms with van der Waals surface area (Å²) in [6.07, 6.45) is 5.68. The van der Waals surface area contributed by atoms with Gasteiger partial charge < -0.3 is 0 Å². The van der Waals surface area contributed by atoms with E-state index in [2.05, 4.69) is 31.0 Å². The Labute approximate surface area is 79.7 Å². The molecule has 1 aromatic rings. The Hall–Kier alpha value is -0.790. The zero-order chi connectivity index (χ0) is 9.47. The molecule has 0 aromatic carbocycles. The van der Waals surface area contributed by atoms with Gasteiger partial charge >= 0.3 is 0 Å². The quantitative estimate of drug-likeness (QED) is 0.650. The minimum atomic E-state index is 0.439. The lowest BCUT2D eigenvalue weighted by atomic mass is 9.72. The minimum Gasteiger partial charge on any atom is -0.282 e. The summed E-state index contributed by atoms with van der Waals surface area (Å²) in [5.41, 5.74) is 3.24. The van der Waals surface area contributed by atoms with Crippen molar-refractivity contribution >= 4 is 0 Å². The van der Waals surface area contributed by atoms with Crippen LogP contribution in [0.15, 0.2) is 6.20 Å². The third kappa shape index (κ3) is 1.62. The van der Waals surface area contributed by atoms with Gasteiger partial charge in [0.2, 0.25) is 0 Å². The summed E-state index contributed by atoms with van der Waals surface area (Å²) in [5.74, 6) is 0.817. The number of aromatic nitrogens is 2. The summed E-state index contributed by atoms with van der Waals surface area (Å²) < 4.78 is 0. The van der Waals surface area contributed by atoms with E-state index < -0.39 is 0 Å². The normalized spacial score (nSPS) is 22.8. The van der Waals surface area contributed by atoms with Gasteiger partial charge in [0.25, 0.3) is 0 Å². The summed E-state index contributed by atoms with van der Waals surface area (Å²) in [6.45, 7) is 7.01. The van der Waals surface area contributed by atoms with Crippen LogP contribution in [-0.2, 0) is 12.8 Å². The molecule has 1 atom stereocenters. The molecule has 1 aromatic heterocycles. The average molecular weight is 178 g/mol. The number of fused-ring (bicyclic) bond motifs is 1. The Balaban J connectivity index is 2.18. The van der Waals surface area contributed by atoms with Crippen LogP contribution in [0.4, 0.5) is 0 Å². The highest BCUT2D eigenvalue weighted by Gasteiger charge is 2.29. The molecule has 2 nitrogen and oxygen atoms in total. The number of nitrogens with zero attached hydrogens (tertiary/aromatic N) is 1. The number of H-pyrrole nitrogens is 1. The highest BCUT2D eigenvalue weighted by atomic mass is 15.1. The molecule has 0 radical (unpaired) electrons. The van der Waals surface area contributed by atoms with Crippen LogP contribution in [0.1, 0.15) is 38.4 Å². The first kappa shape index (κ1) is 8.79. The van der Waals surface area contributed by atoms with E-state index in [0.29, 0.717) is 5.41 Å². The molecule has 0 bridgehead atoms. The van der Waals surface area contributed by atoms with E-state index in [1.807, 2.05) is 6.20 Å². The molecule has 0 amide bonds. The van der Waals surface area contributed by atoms with E-state index in [4.69, 9.17) is 0 Å². The average Bonchev–Trinajstić information content (AvgIpc) is 2.47. The molecule has 0 fully saturated rings. The van der Waals surface area contributed by atoms with Crippen molar-refractivity contribution in [3.63, 3.8) is 0 Å². The minimum absolute atomic E-state index is 0.439. The van der Waals surface area contributed by atoms with Gasteiger partial charge in [-0.25, -0.2) is 0 Å². The van der Waals surface area contributed by atoms with E-state index in [-0.39, 0.29) is 0 Å². The summed E-state index contributed by atoms with van der Waals surface area (Å²) >= 11 is 0. The fraction of sp³-hybridized carbons (Fsp3) is 0.727. The van der Waals surface area contributed by atoms with E-state index in [1.165, 1.54) is 30.5 Å². The second kappa shape index (κ2) is 2.86. The van der Waals surface area contributed by atoms with E-state index in [0.717, 1.165) is 5.92 Å². The fourth-order valence-electron chi connectivity index (χ4n) is 2.16. The molecule has 1 unspecified atom stereocenters. The van der Waals surface area contributed by atoms with Gasteiger partial charge in [-0.15, -0.1) is 0 Å². The maximum Gasteiger partial charge on any atom is 0.0522 e. The molecule has 13 heavy (non-hydrogen) atoms. The zero-order valence-corrected chi connectivity index (χ0v) is 8.72. The first-order chi connectivity index (χ1) is 6.07. The summed E-state index contributed by atoms with van der Waals surface area (Å²) in [5, 5.41) is 7.17. The van der Waals surface area contributed by atoms with Crippen LogP contribution in [0.5, 0.6) is 0 Å². The van der Waals surface area contributed by atoms with Crippen LogP contribution in [-0.4, -0.2) is 10.2 Å². The monoisotopic (exact) mass is 178 g/mol. The number of rotatable bonds is 0. The van der Waals surface area contributed by atoms with Crippen molar-refractivity contribution in [2.75, 3.05) is 0 Å². The van der Waals surface area contributed by atoms with Crippen molar-refractivity contribution in [3.8, 4) is 0 Å². The predicted octanol–water partition coefficient (Wildman–Crippen LogP) is 2.56. The topological polar surface area (TPSA) is 28.7 Å². The Morgan fingerprint density at radius 1 is 1.46 bits per heavy atom. The van der Waals surface area contributed by atoms with Crippen LogP contribution in [0, 0.1) is 11.3 Å². The van der Waals surface area contributed by atoms with Crippen molar-refractivity contribution in [2.24, 2.45) is 11.3 Å². The largest absolute Gasteiger partial charge is 0.282 e. The first-order valence-corrected chi connectivity index (χ1v) is 5.08.